The second kappa shape index (κ2) is 3.04. The predicted octanol–water partition coefficient (Wildman–Crippen LogP) is 2.90. The zero-order valence-corrected chi connectivity index (χ0v) is 8.48. The molecule has 0 saturated carbocycles. The van der Waals surface area contributed by atoms with E-state index in [1.54, 1.807) is 0 Å². The number of hydrogen-bond donors (Lipinski definition) is 1. The quantitative estimate of drug-likeness (QED) is 0.576. The van der Waals surface area contributed by atoms with Crippen LogP contribution in [-0.2, 0) is 0 Å². The van der Waals surface area contributed by atoms with Gasteiger partial charge in [-0.25, -0.2) is 4.39 Å². The Morgan fingerprint density at radius 3 is 2.60 bits per heavy atom. The molecule has 0 saturated heterocycles. The largest absolute Gasteiger partial charge is 0.507 e. The summed E-state index contributed by atoms with van der Waals surface area (Å²) in [5.74, 6) is -0.268. The molecule has 1 nitrogen and oxygen atoms in total. The Balaban J connectivity index is 3.34. The van der Waals surface area contributed by atoms with Gasteiger partial charge in [0.05, 0.1) is 8.04 Å². The van der Waals surface area contributed by atoms with Crippen LogP contribution in [0.5, 0.6) is 5.75 Å². The topological polar surface area (TPSA) is 20.2 Å². The lowest BCUT2D eigenvalue weighted by Gasteiger charge is -1.98. The summed E-state index contributed by atoms with van der Waals surface area (Å²) in [6.45, 7) is 0. The summed E-state index contributed by atoms with van der Waals surface area (Å²) < 4.78 is 13.4. The maximum Gasteiger partial charge on any atom is 0.138 e. The van der Waals surface area contributed by atoms with Gasteiger partial charge in [-0.15, -0.1) is 0 Å². The Labute approximate surface area is 79.5 Å². The first-order valence-corrected chi connectivity index (χ1v) is 4.32. The van der Waals surface area contributed by atoms with Gasteiger partial charge in [0.1, 0.15) is 11.6 Å². The number of rotatable bonds is 0. The lowest BCUT2D eigenvalue weighted by Crippen LogP contribution is -1.81. The van der Waals surface area contributed by atoms with Crippen LogP contribution in [0.1, 0.15) is 0 Å². The molecule has 0 unspecified atom stereocenters. The highest BCUT2D eigenvalue weighted by Crippen LogP contribution is 2.29. The van der Waals surface area contributed by atoms with Crippen molar-refractivity contribution in [3.8, 4) is 5.75 Å². The molecule has 1 aromatic carbocycles. The SMILES string of the molecule is Oc1ccc(F)c(Br)c1I. The maximum absolute atomic E-state index is 12.6. The fourth-order valence-corrected chi connectivity index (χ4v) is 1.29. The van der Waals surface area contributed by atoms with Gasteiger partial charge in [0, 0.05) is 0 Å². The first-order valence-electron chi connectivity index (χ1n) is 2.45. The van der Waals surface area contributed by atoms with Crippen molar-refractivity contribution in [2.75, 3.05) is 0 Å². The van der Waals surface area contributed by atoms with Crippen LogP contribution in [0, 0.1) is 9.39 Å². The van der Waals surface area contributed by atoms with Crippen LogP contribution in [0.15, 0.2) is 16.6 Å². The molecule has 0 aromatic heterocycles. The van der Waals surface area contributed by atoms with E-state index in [1.807, 2.05) is 22.6 Å². The van der Waals surface area contributed by atoms with Crippen LogP contribution in [0.25, 0.3) is 0 Å². The third kappa shape index (κ3) is 1.42. The van der Waals surface area contributed by atoms with E-state index in [0.717, 1.165) is 0 Å². The van der Waals surface area contributed by atoms with Crippen molar-refractivity contribution in [3.63, 3.8) is 0 Å². The van der Waals surface area contributed by atoms with Crippen LogP contribution in [0.2, 0.25) is 0 Å². The van der Waals surface area contributed by atoms with Crippen molar-refractivity contribution in [3.05, 3.63) is 26.0 Å². The fourth-order valence-electron chi connectivity index (χ4n) is 0.516. The molecule has 0 bridgehead atoms. The predicted molar refractivity (Wildman–Crippen MR) is 48.5 cm³/mol. The van der Waals surface area contributed by atoms with E-state index in [9.17, 15) is 4.39 Å². The lowest BCUT2D eigenvalue weighted by atomic mass is 10.3. The molecule has 0 radical (unpaired) electrons. The minimum atomic E-state index is -0.359. The molecule has 1 rings (SSSR count). The van der Waals surface area contributed by atoms with E-state index in [-0.39, 0.29) is 11.6 Å². The first-order chi connectivity index (χ1) is 4.63. The van der Waals surface area contributed by atoms with Gasteiger partial charge in [-0.3, -0.25) is 0 Å². The molecule has 1 aromatic rings. The Morgan fingerprint density at radius 2 is 2.10 bits per heavy atom. The zero-order chi connectivity index (χ0) is 7.72. The lowest BCUT2D eigenvalue weighted by molar-refractivity contribution is 0.468. The summed E-state index contributed by atoms with van der Waals surface area (Å²) in [5, 5.41) is 9.02. The number of aromatic hydroxyl groups is 1. The summed E-state index contributed by atoms with van der Waals surface area (Å²) in [6.07, 6.45) is 0. The minimum Gasteiger partial charge on any atom is -0.507 e. The minimum absolute atomic E-state index is 0.0916. The van der Waals surface area contributed by atoms with Gasteiger partial charge in [0.15, 0.2) is 0 Å². The van der Waals surface area contributed by atoms with Crippen molar-refractivity contribution in [2.24, 2.45) is 0 Å². The second-order valence-electron chi connectivity index (χ2n) is 1.69. The molecule has 0 aliphatic rings. The summed E-state index contributed by atoms with van der Waals surface area (Å²) in [6, 6.07) is 2.53. The molecular weight excluding hydrogens is 314 g/mol. The molecule has 0 heterocycles. The van der Waals surface area contributed by atoms with E-state index in [1.165, 1.54) is 12.1 Å². The van der Waals surface area contributed by atoms with Gasteiger partial charge in [0.2, 0.25) is 0 Å². The summed E-state index contributed by atoms with van der Waals surface area (Å²) in [7, 11) is 0. The van der Waals surface area contributed by atoms with Gasteiger partial charge in [-0.1, -0.05) is 0 Å². The van der Waals surface area contributed by atoms with E-state index in [0.29, 0.717) is 8.04 Å². The second-order valence-corrected chi connectivity index (χ2v) is 3.57. The number of phenols is 1. The van der Waals surface area contributed by atoms with Crippen molar-refractivity contribution in [1.29, 1.82) is 0 Å². The highest BCUT2D eigenvalue weighted by molar-refractivity contribution is 14.1. The zero-order valence-electron chi connectivity index (χ0n) is 4.74. The molecule has 54 valence electrons. The van der Waals surface area contributed by atoms with E-state index in [4.69, 9.17) is 5.11 Å². The average molecular weight is 317 g/mol. The van der Waals surface area contributed by atoms with E-state index in [2.05, 4.69) is 15.9 Å². The van der Waals surface area contributed by atoms with Crippen LogP contribution in [0.3, 0.4) is 0 Å². The average Bonchev–Trinajstić information content (AvgIpc) is 1.93. The monoisotopic (exact) mass is 316 g/mol. The number of halogens is 3. The third-order valence-electron chi connectivity index (χ3n) is 1.01. The summed E-state index contributed by atoms with van der Waals surface area (Å²) in [4.78, 5) is 0. The molecule has 0 aliphatic heterocycles. The molecule has 0 spiro atoms. The Bertz CT molecular complexity index is 237. The van der Waals surface area contributed by atoms with Crippen molar-refractivity contribution >= 4 is 38.5 Å². The van der Waals surface area contributed by atoms with Crippen molar-refractivity contribution < 1.29 is 9.50 Å². The summed E-state index contributed by atoms with van der Waals surface area (Å²) in [5.41, 5.74) is 0. The van der Waals surface area contributed by atoms with Crippen LogP contribution in [0.4, 0.5) is 4.39 Å². The number of phenolic OH excluding ortho intramolecular Hbond substituents is 1. The first kappa shape index (κ1) is 8.26. The molecule has 1 N–H and O–H groups in total. The molecule has 0 fully saturated rings. The standard InChI is InChI=1S/C6H3BrFIO/c7-5-3(8)1-2-4(10)6(5)9/h1-2,10H. The third-order valence-corrected chi connectivity index (χ3v) is 3.62. The molecule has 4 heteroatoms. The van der Waals surface area contributed by atoms with Crippen LogP contribution in [-0.4, -0.2) is 5.11 Å². The molecule has 0 atom stereocenters. The van der Waals surface area contributed by atoms with Gasteiger partial charge >= 0.3 is 0 Å². The fraction of sp³-hybridized carbons (Fsp3) is 0. The smallest absolute Gasteiger partial charge is 0.138 e. The van der Waals surface area contributed by atoms with E-state index < -0.39 is 0 Å². The molecular formula is C6H3BrFIO. The number of benzene rings is 1. The highest BCUT2D eigenvalue weighted by Gasteiger charge is 2.06. The molecule has 0 amide bonds. The molecule has 10 heavy (non-hydrogen) atoms. The van der Waals surface area contributed by atoms with Gasteiger partial charge in [0.25, 0.3) is 0 Å². The Morgan fingerprint density at radius 1 is 1.50 bits per heavy atom. The van der Waals surface area contributed by atoms with E-state index >= 15 is 0 Å². The molecule has 0 aliphatic carbocycles. The van der Waals surface area contributed by atoms with Crippen LogP contribution >= 0.6 is 38.5 Å². The Kier molecular flexibility index (Phi) is 2.51. The number of hydrogen-bond acceptors (Lipinski definition) is 1. The Hall–Kier alpha value is 0.160. The van der Waals surface area contributed by atoms with Gasteiger partial charge in [-0.05, 0) is 50.7 Å². The van der Waals surface area contributed by atoms with Crippen molar-refractivity contribution in [2.45, 2.75) is 0 Å². The van der Waals surface area contributed by atoms with Gasteiger partial charge in [-0.2, -0.15) is 0 Å². The van der Waals surface area contributed by atoms with Crippen molar-refractivity contribution in [1.82, 2.24) is 0 Å². The maximum atomic E-state index is 12.6. The highest BCUT2D eigenvalue weighted by atomic mass is 127. The van der Waals surface area contributed by atoms with Crippen LogP contribution < -0.4 is 0 Å². The normalized spacial score (nSPS) is 9.90. The van der Waals surface area contributed by atoms with Gasteiger partial charge < -0.3 is 5.11 Å². The summed E-state index contributed by atoms with van der Waals surface area (Å²) >= 11 is 4.85.